The van der Waals surface area contributed by atoms with Gasteiger partial charge in [-0.25, -0.2) is 0 Å². The minimum absolute atomic E-state index is 0.0262. The molecule has 1 aromatic carbocycles. The second-order valence-electron chi connectivity index (χ2n) is 5.80. The predicted molar refractivity (Wildman–Crippen MR) is 83.2 cm³/mol. The summed E-state index contributed by atoms with van der Waals surface area (Å²) in [5.41, 5.74) is 7.00. The van der Waals surface area contributed by atoms with Crippen molar-refractivity contribution >= 4 is 5.69 Å². The highest BCUT2D eigenvalue weighted by Gasteiger charge is 2.26. The van der Waals surface area contributed by atoms with E-state index in [9.17, 15) is 10.1 Å². The monoisotopic (exact) mass is 292 g/mol. The van der Waals surface area contributed by atoms with Crippen molar-refractivity contribution in [1.29, 1.82) is 0 Å². The number of benzene rings is 1. The van der Waals surface area contributed by atoms with Crippen LogP contribution in [-0.4, -0.2) is 54.5 Å². The van der Waals surface area contributed by atoms with E-state index in [1.54, 1.807) is 12.1 Å². The van der Waals surface area contributed by atoms with Crippen LogP contribution in [0.1, 0.15) is 24.4 Å². The highest BCUT2D eigenvalue weighted by molar-refractivity contribution is 5.36. The molecule has 2 rings (SSSR count). The van der Waals surface area contributed by atoms with Crippen molar-refractivity contribution in [1.82, 2.24) is 9.80 Å². The summed E-state index contributed by atoms with van der Waals surface area (Å²) in [6.45, 7) is 2.63. The number of nitro benzene ring substituents is 1. The summed E-state index contributed by atoms with van der Waals surface area (Å²) in [4.78, 5) is 15.2. The second kappa shape index (κ2) is 6.98. The Hall–Kier alpha value is -1.50. The largest absolute Gasteiger partial charge is 0.329 e. The highest BCUT2D eigenvalue weighted by Crippen LogP contribution is 2.27. The number of nitrogens with two attached hydrogens (primary N) is 1. The van der Waals surface area contributed by atoms with Crippen molar-refractivity contribution in [3.63, 3.8) is 0 Å². The number of likely N-dealkylation sites (tertiary alicyclic amines) is 1. The van der Waals surface area contributed by atoms with Gasteiger partial charge in [-0.3, -0.25) is 15.0 Å². The minimum atomic E-state index is -0.355. The van der Waals surface area contributed by atoms with Crippen LogP contribution in [-0.2, 0) is 0 Å². The van der Waals surface area contributed by atoms with Crippen LogP contribution in [0.2, 0.25) is 0 Å². The third kappa shape index (κ3) is 3.78. The Kier molecular flexibility index (Phi) is 5.27. The van der Waals surface area contributed by atoms with Crippen molar-refractivity contribution in [3.05, 3.63) is 39.9 Å². The summed E-state index contributed by atoms with van der Waals surface area (Å²) in [7, 11) is 4.21. The fourth-order valence-electron chi connectivity index (χ4n) is 3.04. The molecule has 6 heteroatoms. The van der Waals surface area contributed by atoms with Crippen LogP contribution in [0, 0.1) is 10.1 Å². The molecule has 1 heterocycles. The second-order valence-corrected chi connectivity index (χ2v) is 5.80. The molecule has 1 aromatic rings. The van der Waals surface area contributed by atoms with Crippen molar-refractivity contribution < 1.29 is 4.92 Å². The summed E-state index contributed by atoms with van der Waals surface area (Å²) < 4.78 is 0. The molecule has 116 valence electrons. The quantitative estimate of drug-likeness (QED) is 0.659. The van der Waals surface area contributed by atoms with E-state index < -0.39 is 0 Å². The first-order valence-corrected chi connectivity index (χ1v) is 7.38. The lowest BCUT2D eigenvalue weighted by atomic mass is 9.98. The van der Waals surface area contributed by atoms with Gasteiger partial charge in [0.1, 0.15) is 0 Å². The van der Waals surface area contributed by atoms with Gasteiger partial charge in [0.05, 0.1) is 4.92 Å². The summed E-state index contributed by atoms with van der Waals surface area (Å²) in [5, 5.41) is 10.9. The molecule has 2 N–H and O–H groups in total. The van der Waals surface area contributed by atoms with Gasteiger partial charge in [-0.15, -0.1) is 0 Å². The predicted octanol–water partition coefficient (Wildman–Crippen LogP) is 1.62. The van der Waals surface area contributed by atoms with Crippen LogP contribution in [0.4, 0.5) is 5.69 Å². The van der Waals surface area contributed by atoms with E-state index in [0.29, 0.717) is 12.6 Å². The smallest absolute Gasteiger partial charge is 0.269 e. The van der Waals surface area contributed by atoms with E-state index in [0.717, 1.165) is 31.5 Å². The van der Waals surface area contributed by atoms with Gasteiger partial charge in [0.15, 0.2) is 0 Å². The number of piperidine rings is 1. The Morgan fingerprint density at radius 1 is 1.48 bits per heavy atom. The molecular weight excluding hydrogens is 268 g/mol. The normalized spacial score (nSPS) is 18.9. The van der Waals surface area contributed by atoms with Crippen LogP contribution in [0.3, 0.4) is 0 Å². The van der Waals surface area contributed by atoms with Crippen LogP contribution >= 0.6 is 0 Å². The standard InChI is InChI=1S/C15H24N4O2/c1-17-8-6-13(7-9-17)18(2)15(11-16)12-4-3-5-14(10-12)19(20)21/h3-5,10,13,15H,6-9,11,16H2,1-2H3. The molecule has 6 nitrogen and oxygen atoms in total. The Labute approximate surface area is 125 Å². The molecule has 1 fully saturated rings. The zero-order chi connectivity index (χ0) is 15.4. The van der Waals surface area contributed by atoms with Gasteiger partial charge in [-0.05, 0) is 45.6 Å². The maximum Gasteiger partial charge on any atom is 0.269 e. The van der Waals surface area contributed by atoms with Crippen molar-refractivity contribution in [2.45, 2.75) is 24.9 Å². The van der Waals surface area contributed by atoms with Gasteiger partial charge in [0.2, 0.25) is 0 Å². The number of likely N-dealkylation sites (N-methyl/N-ethyl adjacent to an activating group) is 1. The zero-order valence-electron chi connectivity index (χ0n) is 12.7. The van der Waals surface area contributed by atoms with E-state index in [2.05, 4.69) is 23.9 Å². The van der Waals surface area contributed by atoms with E-state index in [4.69, 9.17) is 5.73 Å². The average Bonchev–Trinajstić information content (AvgIpc) is 2.49. The highest BCUT2D eigenvalue weighted by atomic mass is 16.6. The number of nitrogens with zero attached hydrogens (tertiary/aromatic N) is 3. The molecule has 1 aliphatic heterocycles. The maximum absolute atomic E-state index is 10.9. The van der Waals surface area contributed by atoms with Crippen molar-refractivity contribution in [3.8, 4) is 0 Å². The fraction of sp³-hybridized carbons (Fsp3) is 0.600. The molecule has 0 amide bonds. The van der Waals surface area contributed by atoms with Gasteiger partial charge in [-0.1, -0.05) is 12.1 Å². The van der Waals surface area contributed by atoms with Gasteiger partial charge in [0, 0.05) is 30.8 Å². The third-order valence-corrected chi connectivity index (χ3v) is 4.44. The summed E-state index contributed by atoms with van der Waals surface area (Å²) in [5.74, 6) is 0. The van der Waals surface area contributed by atoms with Crippen LogP contribution in [0.5, 0.6) is 0 Å². The molecule has 1 aliphatic rings. The molecule has 0 radical (unpaired) electrons. The number of rotatable bonds is 5. The van der Waals surface area contributed by atoms with Gasteiger partial charge in [-0.2, -0.15) is 0 Å². The number of non-ortho nitro benzene ring substituents is 1. The summed E-state index contributed by atoms with van der Waals surface area (Å²) in [6, 6.07) is 7.33. The van der Waals surface area contributed by atoms with Crippen LogP contribution < -0.4 is 5.73 Å². The molecule has 21 heavy (non-hydrogen) atoms. The lowest BCUT2D eigenvalue weighted by Crippen LogP contribution is -2.45. The first-order chi connectivity index (χ1) is 10.0. The zero-order valence-corrected chi connectivity index (χ0v) is 12.7. The first kappa shape index (κ1) is 15.9. The fourth-order valence-corrected chi connectivity index (χ4v) is 3.04. The summed E-state index contributed by atoms with van der Waals surface area (Å²) in [6.07, 6.45) is 2.22. The van der Waals surface area contributed by atoms with Gasteiger partial charge < -0.3 is 10.6 Å². The van der Waals surface area contributed by atoms with E-state index in [-0.39, 0.29) is 16.7 Å². The number of hydrogen-bond acceptors (Lipinski definition) is 5. The SMILES string of the molecule is CN1CCC(N(C)C(CN)c2cccc([N+](=O)[O-])c2)CC1. The summed E-state index contributed by atoms with van der Waals surface area (Å²) >= 11 is 0. The molecule has 1 unspecified atom stereocenters. The van der Waals surface area contributed by atoms with Crippen molar-refractivity contribution in [2.75, 3.05) is 33.7 Å². The number of nitro groups is 1. The lowest BCUT2D eigenvalue weighted by molar-refractivity contribution is -0.385. The minimum Gasteiger partial charge on any atom is -0.329 e. The molecule has 1 atom stereocenters. The molecule has 0 spiro atoms. The maximum atomic E-state index is 10.9. The van der Waals surface area contributed by atoms with Gasteiger partial charge >= 0.3 is 0 Å². The first-order valence-electron chi connectivity index (χ1n) is 7.38. The van der Waals surface area contributed by atoms with Gasteiger partial charge in [0.25, 0.3) is 5.69 Å². The Morgan fingerprint density at radius 3 is 2.71 bits per heavy atom. The molecule has 0 aromatic heterocycles. The third-order valence-electron chi connectivity index (χ3n) is 4.44. The Morgan fingerprint density at radius 2 is 2.14 bits per heavy atom. The van der Waals surface area contributed by atoms with E-state index in [1.165, 1.54) is 6.07 Å². The molecule has 0 saturated carbocycles. The van der Waals surface area contributed by atoms with Crippen molar-refractivity contribution in [2.24, 2.45) is 5.73 Å². The van der Waals surface area contributed by atoms with Crippen LogP contribution in [0.25, 0.3) is 0 Å². The Bertz CT molecular complexity index is 486. The number of hydrogen-bond donors (Lipinski definition) is 1. The molecule has 0 aliphatic carbocycles. The molecule has 1 saturated heterocycles. The molecule has 0 bridgehead atoms. The topological polar surface area (TPSA) is 75.6 Å². The van der Waals surface area contributed by atoms with Crippen LogP contribution in [0.15, 0.2) is 24.3 Å². The lowest BCUT2D eigenvalue weighted by Gasteiger charge is -2.39. The Balaban J connectivity index is 2.14. The average molecular weight is 292 g/mol. The van der Waals surface area contributed by atoms with E-state index in [1.807, 2.05) is 6.07 Å². The molecular formula is C15H24N4O2. The van der Waals surface area contributed by atoms with E-state index >= 15 is 0 Å².